The molecule has 0 aliphatic rings. The van der Waals surface area contributed by atoms with Crippen molar-refractivity contribution in [1.29, 1.82) is 0 Å². The zero-order valence-electron chi connectivity index (χ0n) is 21.1. The highest BCUT2D eigenvalue weighted by Crippen LogP contribution is 2.12. The van der Waals surface area contributed by atoms with Crippen LogP contribution in [-0.2, 0) is 19.5 Å². The first-order valence-electron chi connectivity index (χ1n) is 13.9. The number of hydrogen-bond donors (Lipinski definition) is 0. The molecule has 0 saturated heterocycles. The van der Waals surface area contributed by atoms with Gasteiger partial charge in [0.1, 0.15) is 12.4 Å². The van der Waals surface area contributed by atoms with Crippen LogP contribution in [0.2, 0.25) is 0 Å². The van der Waals surface area contributed by atoms with Crippen LogP contribution in [0, 0.1) is 0 Å². The Kier molecular flexibility index (Phi) is 18.3. The molecule has 0 bridgehead atoms. The summed E-state index contributed by atoms with van der Waals surface area (Å²) >= 11 is 0. The van der Waals surface area contributed by atoms with Crippen LogP contribution in [0.1, 0.15) is 149 Å². The van der Waals surface area contributed by atoms with E-state index in [2.05, 4.69) is 42.3 Å². The summed E-state index contributed by atoms with van der Waals surface area (Å²) in [5.41, 5.74) is 0. The van der Waals surface area contributed by atoms with Crippen LogP contribution in [-0.4, -0.2) is 4.57 Å². The largest absolute Gasteiger partial charge is 0.256 e. The van der Waals surface area contributed by atoms with Crippen LogP contribution in [0.25, 0.3) is 0 Å². The average Bonchev–Trinajstić information content (AvgIpc) is 3.14. The van der Waals surface area contributed by atoms with Crippen LogP contribution in [0.5, 0.6) is 0 Å². The van der Waals surface area contributed by atoms with Crippen molar-refractivity contribution in [3.63, 3.8) is 0 Å². The molecule has 0 aliphatic heterocycles. The molecule has 0 spiro atoms. The molecule has 1 aromatic rings. The highest BCUT2D eigenvalue weighted by Gasteiger charge is 2.16. The third-order valence-corrected chi connectivity index (χ3v) is 6.60. The molecule has 0 amide bonds. The van der Waals surface area contributed by atoms with E-state index in [1.54, 1.807) is 5.82 Å². The first-order valence-corrected chi connectivity index (χ1v) is 13.9. The molecule has 1 aromatic heterocycles. The van der Waals surface area contributed by atoms with Gasteiger partial charge in [-0.05, 0) is 32.1 Å². The molecule has 0 aliphatic carbocycles. The molecule has 2 nitrogen and oxygen atoms in total. The Morgan fingerprint density at radius 2 is 1.03 bits per heavy atom. The molecule has 0 fully saturated rings. The van der Waals surface area contributed by atoms with Crippen molar-refractivity contribution in [2.45, 2.75) is 162 Å². The highest BCUT2D eigenvalue weighted by molar-refractivity contribution is 4.84. The molecule has 0 saturated carbocycles. The Morgan fingerprint density at radius 3 is 1.60 bits per heavy atom. The lowest BCUT2D eigenvalue weighted by Gasteiger charge is -2.06. The Balaban J connectivity index is 2.31. The van der Waals surface area contributed by atoms with Crippen LogP contribution in [0.4, 0.5) is 0 Å². The lowest BCUT2D eigenvalue weighted by Crippen LogP contribution is -2.37. The first-order chi connectivity index (χ1) is 14.8. The lowest BCUT2D eigenvalue weighted by atomic mass is 10.1. The molecule has 2 heteroatoms. The topological polar surface area (TPSA) is 8.81 Å². The van der Waals surface area contributed by atoms with Crippen molar-refractivity contribution in [3.8, 4) is 0 Å². The van der Waals surface area contributed by atoms with Crippen LogP contribution >= 0.6 is 0 Å². The number of imidazole rings is 1. The maximum atomic E-state index is 2.59. The molecule has 0 unspecified atom stereocenters. The quantitative estimate of drug-likeness (QED) is 0.131. The Hall–Kier alpha value is -0.790. The first kappa shape index (κ1) is 27.2. The fourth-order valence-electron chi connectivity index (χ4n) is 4.56. The van der Waals surface area contributed by atoms with E-state index in [0.717, 1.165) is 0 Å². The molecular formula is C28H55N2+. The molecule has 0 aromatic carbocycles. The summed E-state index contributed by atoms with van der Waals surface area (Å²) in [7, 11) is 0. The minimum atomic E-state index is 1.22. The molecule has 1 heterocycles. The summed E-state index contributed by atoms with van der Waals surface area (Å²) in [6.07, 6.45) is 32.5. The van der Waals surface area contributed by atoms with E-state index in [1.807, 2.05) is 0 Å². The fourth-order valence-corrected chi connectivity index (χ4v) is 4.56. The number of aryl methyl sites for hydroxylation is 2. The Bertz CT molecular complexity index is 477. The second-order valence-electron chi connectivity index (χ2n) is 9.51. The minimum Gasteiger partial charge on any atom is -0.234 e. The summed E-state index contributed by atoms with van der Waals surface area (Å²) in [5, 5.41) is 0. The van der Waals surface area contributed by atoms with E-state index in [4.69, 9.17) is 0 Å². The maximum absolute atomic E-state index is 2.59. The second kappa shape index (κ2) is 20.1. The molecule has 30 heavy (non-hydrogen) atoms. The van der Waals surface area contributed by atoms with Gasteiger partial charge in [-0.15, -0.1) is 0 Å². The number of hydrogen-bond acceptors (Lipinski definition) is 0. The Morgan fingerprint density at radius 1 is 0.567 bits per heavy atom. The van der Waals surface area contributed by atoms with Crippen molar-refractivity contribution < 1.29 is 4.57 Å². The predicted molar refractivity (Wildman–Crippen MR) is 133 cm³/mol. The molecular weight excluding hydrogens is 364 g/mol. The van der Waals surface area contributed by atoms with Gasteiger partial charge in [-0.1, -0.05) is 111 Å². The highest BCUT2D eigenvalue weighted by atomic mass is 15.1. The maximum Gasteiger partial charge on any atom is 0.256 e. The van der Waals surface area contributed by atoms with Crippen molar-refractivity contribution in [3.05, 3.63) is 18.2 Å². The summed E-state index contributed by atoms with van der Waals surface area (Å²) in [6, 6.07) is 0. The van der Waals surface area contributed by atoms with Crippen LogP contribution < -0.4 is 4.57 Å². The second-order valence-corrected chi connectivity index (χ2v) is 9.51. The van der Waals surface area contributed by atoms with Crippen LogP contribution in [0.15, 0.2) is 12.4 Å². The van der Waals surface area contributed by atoms with E-state index >= 15 is 0 Å². The van der Waals surface area contributed by atoms with Crippen molar-refractivity contribution in [2.24, 2.45) is 0 Å². The smallest absolute Gasteiger partial charge is 0.234 e. The van der Waals surface area contributed by atoms with Gasteiger partial charge in [0.15, 0.2) is 0 Å². The van der Waals surface area contributed by atoms with E-state index in [-0.39, 0.29) is 0 Å². The molecule has 0 atom stereocenters. The van der Waals surface area contributed by atoms with E-state index in [9.17, 15) is 0 Å². The standard InChI is InChI=1S/C28H55N2/c1-4-7-10-13-14-15-16-17-19-22-25-30-27-26-29(24-21-18-11-8-5-2)28(30)23-20-12-9-6-3/h26-27H,4-25H2,1-3H3/q+1. The van der Waals surface area contributed by atoms with Gasteiger partial charge in [-0.3, -0.25) is 0 Å². The van der Waals surface area contributed by atoms with Crippen molar-refractivity contribution in [2.75, 3.05) is 0 Å². The van der Waals surface area contributed by atoms with E-state index in [0.29, 0.717) is 0 Å². The summed E-state index contributed by atoms with van der Waals surface area (Å²) in [6.45, 7) is 9.36. The van der Waals surface area contributed by atoms with Crippen molar-refractivity contribution >= 4 is 0 Å². The molecule has 1 rings (SSSR count). The van der Waals surface area contributed by atoms with Gasteiger partial charge in [0, 0.05) is 6.42 Å². The fraction of sp³-hybridized carbons (Fsp3) is 0.893. The molecule has 0 radical (unpaired) electrons. The number of unbranched alkanes of at least 4 members (excludes halogenated alkanes) is 16. The number of aromatic nitrogens is 2. The van der Waals surface area contributed by atoms with Gasteiger partial charge in [0.05, 0.1) is 13.1 Å². The van der Waals surface area contributed by atoms with Gasteiger partial charge in [0.25, 0.3) is 5.82 Å². The van der Waals surface area contributed by atoms with Gasteiger partial charge < -0.3 is 0 Å². The zero-order valence-corrected chi connectivity index (χ0v) is 21.1. The normalized spacial score (nSPS) is 11.4. The number of nitrogens with zero attached hydrogens (tertiary/aromatic N) is 2. The summed E-state index contributed by atoms with van der Waals surface area (Å²) in [4.78, 5) is 0. The monoisotopic (exact) mass is 419 g/mol. The Labute approximate surface area is 189 Å². The van der Waals surface area contributed by atoms with Crippen molar-refractivity contribution in [1.82, 2.24) is 4.57 Å². The average molecular weight is 420 g/mol. The summed E-state index contributed by atoms with van der Waals surface area (Å²) in [5.74, 6) is 1.59. The third kappa shape index (κ3) is 13.5. The predicted octanol–water partition coefficient (Wildman–Crippen LogP) is 8.79. The molecule has 176 valence electrons. The SMILES string of the molecule is CCCCCCCCCCCC[n+]1ccn(CCCCCCC)c1CCCCCC. The lowest BCUT2D eigenvalue weighted by molar-refractivity contribution is -0.704. The van der Waals surface area contributed by atoms with E-state index in [1.165, 1.54) is 142 Å². The number of rotatable bonds is 22. The zero-order chi connectivity index (χ0) is 21.7. The summed E-state index contributed by atoms with van der Waals surface area (Å²) < 4.78 is 5.16. The van der Waals surface area contributed by atoms with E-state index < -0.39 is 0 Å². The van der Waals surface area contributed by atoms with Gasteiger partial charge in [-0.25, -0.2) is 9.13 Å². The minimum absolute atomic E-state index is 1.22. The van der Waals surface area contributed by atoms with Gasteiger partial charge in [-0.2, -0.15) is 0 Å². The molecule has 0 N–H and O–H groups in total. The third-order valence-electron chi connectivity index (χ3n) is 6.60. The van der Waals surface area contributed by atoms with Gasteiger partial charge in [0.2, 0.25) is 0 Å². The van der Waals surface area contributed by atoms with Crippen LogP contribution in [0.3, 0.4) is 0 Å². The van der Waals surface area contributed by atoms with Gasteiger partial charge >= 0.3 is 0 Å².